The Hall–Kier alpha value is -14.5. The first kappa shape index (κ1) is 104. The number of ether oxygens (including phenoxy) is 6. The van der Waals surface area contributed by atoms with Crippen LogP contribution in [0.3, 0.4) is 0 Å². The number of methoxy groups -OCH3 is 4. The molecule has 10 nitrogen and oxygen atoms in total. The Bertz CT molecular complexity index is 6460. The Labute approximate surface area is 834 Å². The quantitative estimate of drug-likeness (QED) is 0.0406. The van der Waals surface area contributed by atoms with Gasteiger partial charge in [-0.3, -0.25) is 14.4 Å². The number of carbonyl (C=O) groups is 4. The third-order valence-corrected chi connectivity index (χ3v) is 28.7. The summed E-state index contributed by atoms with van der Waals surface area (Å²) in [7, 11) is 6.03. The van der Waals surface area contributed by atoms with Gasteiger partial charge in [0.25, 0.3) is 0 Å². The Morgan fingerprint density at radius 3 is 0.631 bits per heavy atom. The zero-order valence-electron chi connectivity index (χ0n) is 89.2. The molecule has 0 unspecified atom stereocenters. The van der Waals surface area contributed by atoms with E-state index in [0.717, 1.165) is 11.3 Å². The van der Waals surface area contributed by atoms with Crippen LogP contribution in [0.4, 0.5) is 0 Å². The summed E-state index contributed by atoms with van der Waals surface area (Å²) in [6.45, 7) is 62.1. The van der Waals surface area contributed by atoms with Crippen molar-refractivity contribution in [2.45, 2.75) is 201 Å². The fourth-order valence-electron chi connectivity index (χ4n) is 18.5. The van der Waals surface area contributed by atoms with Crippen molar-refractivity contribution >= 4 is 159 Å². The van der Waals surface area contributed by atoms with E-state index < -0.39 is 5.97 Å². The molecule has 0 saturated heterocycles. The zero-order chi connectivity index (χ0) is 103. The van der Waals surface area contributed by atoms with E-state index in [1.807, 2.05) is 38.1 Å². The largest absolute Gasteiger partial charge is 0.497 e. The molecule has 0 N–H and O–H groups in total. The van der Waals surface area contributed by atoms with Gasteiger partial charge in [0.2, 0.25) is 0 Å². The van der Waals surface area contributed by atoms with Crippen molar-refractivity contribution in [3.63, 3.8) is 0 Å². The second kappa shape index (κ2) is 43.5. The van der Waals surface area contributed by atoms with Gasteiger partial charge >= 0.3 is 11.9 Å². The number of carbonyl (C=O) groups excluding carboxylic acids is 4. The third kappa shape index (κ3) is 22.5. The van der Waals surface area contributed by atoms with Gasteiger partial charge in [-0.05, 0) is 497 Å². The fourth-order valence-corrected chi connectivity index (χ4v) is 18.5. The second-order valence-electron chi connectivity index (χ2n) is 39.6. The average molecular weight is 1870 g/mol. The summed E-state index contributed by atoms with van der Waals surface area (Å²) in [5.74, 6) is 1.87. The van der Waals surface area contributed by atoms with E-state index in [2.05, 4.69) is 316 Å². The number of rotatable bonds is 11. The van der Waals surface area contributed by atoms with Crippen molar-refractivity contribution < 1.29 is 47.6 Å². The molecule has 0 radical (unpaired) electrons. The van der Waals surface area contributed by atoms with Gasteiger partial charge in [-0.15, -0.1) is 0 Å². The molecule has 141 heavy (non-hydrogen) atoms. The minimum Gasteiger partial charge on any atom is -0.497 e. The van der Waals surface area contributed by atoms with Gasteiger partial charge in [-0.2, -0.15) is 0 Å². The highest BCUT2D eigenvalue weighted by Gasteiger charge is 2.23. The van der Waals surface area contributed by atoms with Crippen LogP contribution in [0, 0.1) is 172 Å². The molecule has 19 rings (SSSR count). The molecule has 722 valence electrons. The van der Waals surface area contributed by atoms with Crippen molar-refractivity contribution in [2.24, 2.45) is 5.92 Å². The lowest BCUT2D eigenvalue weighted by Crippen LogP contribution is -2.11. The third-order valence-electron chi connectivity index (χ3n) is 28.7. The molecule has 0 atom stereocenters. The molecule has 0 fully saturated rings. The van der Waals surface area contributed by atoms with E-state index in [-0.39, 0.29) is 23.1 Å². The van der Waals surface area contributed by atoms with E-state index in [4.69, 9.17) is 23.7 Å². The standard InChI is InChI=1S/4C24H24.C18H18O6.C11H12O2.C6H12O2/c4*1-13-7-19-20(8-14(13)2)22-10-16(4)18(6)12-24(22)23-11-17(5)15(3)9-21(19)23;1-11(19)12-5-7-13(8-6-12)24-18(20)14-9-16(22-3)17(23-4)10-15(14)21-2;1-9(12)6-7-10-4-3-5-11(8-10)13-2;1-5(2)4-8-6(3)7/h4*7-12H,1-6H3;5-10H,1-4H3;3-8H,1-2H3;5H,4H2,1-3H3/b;;;;;7-6+;. The predicted octanol–water partition coefficient (Wildman–Crippen LogP) is 34.6. The van der Waals surface area contributed by atoms with Crippen molar-refractivity contribution in [3.8, 4) is 28.7 Å². The Morgan fingerprint density at radius 1 is 0.248 bits per heavy atom. The zero-order valence-corrected chi connectivity index (χ0v) is 89.2. The number of Topliss-reactive ketones (excluding diaryl/α,β-unsaturated/α-hetero) is 1. The highest BCUT2D eigenvalue weighted by molar-refractivity contribution is 6.30. The molecule has 0 spiro atoms. The summed E-state index contributed by atoms with van der Waals surface area (Å²) in [4.78, 5) is 44.5. The van der Waals surface area contributed by atoms with Gasteiger partial charge < -0.3 is 28.4 Å². The van der Waals surface area contributed by atoms with Gasteiger partial charge in [0.05, 0.1) is 35.0 Å². The molecule has 0 heterocycles. The maximum Gasteiger partial charge on any atom is 0.347 e. The minimum atomic E-state index is -0.608. The lowest BCUT2D eigenvalue weighted by atomic mass is 9.88. The molecule has 0 aliphatic rings. The van der Waals surface area contributed by atoms with Crippen LogP contribution >= 0.6 is 0 Å². The molecule has 0 aliphatic carbocycles. The first-order valence-electron chi connectivity index (χ1n) is 48.8. The lowest BCUT2D eigenvalue weighted by Gasteiger charge is -2.16. The molecular weight excluding hydrogens is 1730 g/mol. The molecule has 0 aromatic heterocycles. The van der Waals surface area contributed by atoms with E-state index in [0.29, 0.717) is 41.1 Å². The SMILES string of the molecule is CC(=O)OCC(C)C.COc1cc(OC)c(C(=O)Oc2ccc(C(C)=O)cc2)cc1OC.COc1cccc(/C=C/C(C)=O)c1.Cc1cc2c3cc(C)c(C)cc3c3cc(C)c(C)cc3c2cc1C.Cc1cc2c3cc(C)c(C)cc3c3cc(C)c(C)cc3c2cc1C.Cc1cc2c3cc(C)c(C)cc3c3cc(C)c(C)cc3c2cc1C.Cc1cc2c3cc(C)c(C)cc3c3cc(C)c(C)cc3c2cc1C. The summed E-state index contributed by atoms with van der Waals surface area (Å²) < 4.78 is 30.6. The topological polar surface area (TPSA) is 124 Å². The smallest absolute Gasteiger partial charge is 0.347 e. The van der Waals surface area contributed by atoms with Crippen LogP contribution < -0.4 is 23.7 Å². The molecule has 0 aliphatic heterocycles. The summed E-state index contributed by atoms with van der Waals surface area (Å²) >= 11 is 0. The number of allylic oxidation sites excluding steroid dienone is 1. The fraction of sp³-hybridized carbons (Fsp3) is 0.267. The van der Waals surface area contributed by atoms with Crippen molar-refractivity contribution in [1.82, 2.24) is 0 Å². The Morgan fingerprint density at radius 2 is 0.461 bits per heavy atom. The number of hydrogen-bond donors (Lipinski definition) is 0. The van der Waals surface area contributed by atoms with Crippen LogP contribution in [0.1, 0.15) is 194 Å². The molecular formula is C131H138O10. The number of fused-ring (bicyclic) bond motifs is 24. The van der Waals surface area contributed by atoms with E-state index in [9.17, 15) is 19.2 Å². The second-order valence-corrected chi connectivity index (χ2v) is 39.6. The summed E-state index contributed by atoms with van der Waals surface area (Å²) in [5, 5.41) is 33.2. The van der Waals surface area contributed by atoms with Crippen LogP contribution in [0.25, 0.3) is 135 Å². The van der Waals surface area contributed by atoms with Crippen molar-refractivity contribution in [3.05, 3.63) is 363 Å². The number of ketones is 2. The maximum absolute atomic E-state index is 12.4. The average Bonchev–Trinajstić information content (AvgIpc) is 0.743. The number of benzene rings is 19. The normalized spacial score (nSPS) is 11.2. The van der Waals surface area contributed by atoms with E-state index >= 15 is 0 Å². The van der Waals surface area contributed by atoms with Crippen LogP contribution in [0.5, 0.6) is 28.7 Å². The first-order chi connectivity index (χ1) is 66.8. The molecule has 0 amide bonds. The van der Waals surface area contributed by atoms with Gasteiger partial charge in [0.15, 0.2) is 23.1 Å². The van der Waals surface area contributed by atoms with Gasteiger partial charge in [-0.25, -0.2) is 4.79 Å². The molecule has 19 aromatic rings. The van der Waals surface area contributed by atoms with Crippen molar-refractivity contribution in [1.29, 1.82) is 0 Å². The molecule has 0 saturated carbocycles. The lowest BCUT2D eigenvalue weighted by molar-refractivity contribution is -0.142. The van der Waals surface area contributed by atoms with Crippen LogP contribution in [0.2, 0.25) is 0 Å². The number of aryl methyl sites for hydroxylation is 24. The van der Waals surface area contributed by atoms with Gasteiger partial charge in [0, 0.05) is 24.6 Å². The summed E-state index contributed by atoms with van der Waals surface area (Å²) in [6, 6.07) is 73.8. The minimum absolute atomic E-state index is 0.0443. The van der Waals surface area contributed by atoms with Gasteiger partial charge in [-0.1, -0.05) is 178 Å². The molecule has 0 bridgehead atoms. The number of esters is 2. The molecule has 19 aromatic carbocycles. The monoisotopic (exact) mass is 1870 g/mol. The highest BCUT2D eigenvalue weighted by atomic mass is 16.5. The van der Waals surface area contributed by atoms with Crippen molar-refractivity contribution in [2.75, 3.05) is 35.0 Å². The van der Waals surface area contributed by atoms with Crippen LogP contribution in [-0.2, 0) is 14.3 Å². The van der Waals surface area contributed by atoms with E-state index in [1.165, 1.54) is 317 Å². The summed E-state index contributed by atoms with van der Waals surface area (Å²) in [5.41, 5.74) is 34.5. The van der Waals surface area contributed by atoms with Crippen LogP contribution in [0.15, 0.2) is 212 Å². The van der Waals surface area contributed by atoms with Crippen LogP contribution in [-0.4, -0.2) is 58.6 Å². The van der Waals surface area contributed by atoms with E-state index in [1.54, 1.807) is 43.5 Å². The summed E-state index contributed by atoms with van der Waals surface area (Å²) in [6.07, 6.45) is 3.31. The first-order valence-corrected chi connectivity index (χ1v) is 48.8. The maximum atomic E-state index is 12.4. The highest BCUT2D eigenvalue weighted by Crippen LogP contribution is 2.46. The Kier molecular flexibility index (Phi) is 32.1. The molecule has 10 heteroatoms. The predicted molar refractivity (Wildman–Crippen MR) is 601 cm³/mol. The Balaban J connectivity index is 0.000000141. The van der Waals surface area contributed by atoms with Gasteiger partial charge in [0.1, 0.15) is 22.8 Å². The number of hydrogen-bond acceptors (Lipinski definition) is 10.